The van der Waals surface area contributed by atoms with Gasteiger partial charge in [0.05, 0.1) is 35.7 Å². The molecule has 2 heterocycles. The normalized spacial score (nSPS) is 13.4. The summed E-state index contributed by atoms with van der Waals surface area (Å²) in [6.07, 6.45) is 6.55. The van der Waals surface area contributed by atoms with Crippen molar-refractivity contribution in [1.29, 1.82) is 0 Å². The number of esters is 2. The zero-order valence-electron chi connectivity index (χ0n) is 17.1. The van der Waals surface area contributed by atoms with Gasteiger partial charge in [0.1, 0.15) is 5.70 Å². The van der Waals surface area contributed by atoms with Gasteiger partial charge < -0.3 is 14.4 Å². The minimum Gasteiger partial charge on any atom is -0.465 e. The standard InChI is InChI=1S/C23H17ClN2O4S2/c1-29-21(27)15-7-5-6-12-26(20(15)22(28)30-2)17-13-14(24)10-11-19(17)32-23-25-16-8-3-4-9-18(16)31-23/h3-13H,1-2H3. The summed E-state index contributed by atoms with van der Waals surface area (Å²) in [6.45, 7) is 0. The van der Waals surface area contributed by atoms with Crippen LogP contribution in [-0.2, 0) is 19.1 Å². The lowest BCUT2D eigenvalue weighted by Crippen LogP contribution is -2.27. The van der Waals surface area contributed by atoms with E-state index in [0.29, 0.717) is 10.7 Å². The molecule has 32 heavy (non-hydrogen) atoms. The molecule has 0 spiro atoms. The van der Waals surface area contributed by atoms with Crippen molar-refractivity contribution in [3.05, 3.63) is 83.2 Å². The van der Waals surface area contributed by atoms with Crippen LogP contribution in [0.1, 0.15) is 0 Å². The lowest BCUT2D eigenvalue weighted by molar-refractivity contribution is -0.139. The number of thiazole rings is 1. The van der Waals surface area contributed by atoms with Crippen molar-refractivity contribution in [1.82, 2.24) is 4.98 Å². The van der Waals surface area contributed by atoms with E-state index in [4.69, 9.17) is 21.1 Å². The van der Waals surface area contributed by atoms with Crippen LogP contribution < -0.4 is 4.90 Å². The smallest absolute Gasteiger partial charge is 0.355 e. The second kappa shape index (κ2) is 9.60. The Bertz CT molecular complexity index is 1260. The minimum atomic E-state index is -0.683. The van der Waals surface area contributed by atoms with Gasteiger partial charge in [0.25, 0.3) is 0 Å². The van der Waals surface area contributed by atoms with Crippen LogP contribution in [0.5, 0.6) is 0 Å². The molecule has 0 amide bonds. The zero-order chi connectivity index (χ0) is 22.7. The SMILES string of the molecule is COC(=O)C1=C(C(=O)OC)N(c2cc(Cl)ccc2Sc2nc3ccccc3s2)C=CC=C1. The minimum absolute atomic E-state index is 0.0257. The van der Waals surface area contributed by atoms with Gasteiger partial charge in [-0.2, -0.15) is 0 Å². The second-order valence-electron chi connectivity index (χ2n) is 6.48. The van der Waals surface area contributed by atoms with Gasteiger partial charge in [-0.3, -0.25) is 0 Å². The maximum Gasteiger partial charge on any atom is 0.355 e. The number of para-hydroxylation sites is 1. The van der Waals surface area contributed by atoms with Crippen molar-refractivity contribution in [3.63, 3.8) is 0 Å². The molecular weight excluding hydrogens is 468 g/mol. The molecule has 0 aliphatic carbocycles. The third-order valence-electron chi connectivity index (χ3n) is 4.54. The summed E-state index contributed by atoms with van der Waals surface area (Å²) in [5.41, 5.74) is 1.61. The van der Waals surface area contributed by atoms with E-state index in [0.717, 1.165) is 19.5 Å². The first kappa shape index (κ1) is 22.1. The van der Waals surface area contributed by atoms with E-state index in [1.165, 1.54) is 32.1 Å². The first-order valence-electron chi connectivity index (χ1n) is 9.40. The number of methoxy groups -OCH3 is 2. The number of benzene rings is 2. The van der Waals surface area contributed by atoms with Crippen molar-refractivity contribution < 1.29 is 19.1 Å². The van der Waals surface area contributed by atoms with Gasteiger partial charge in [-0.25, -0.2) is 14.6 Å². The molecule has 2 aromatic carbocycles. The molecule has 1 aromatic heterocycles. The van der Waals surface area contributed by atoms with Crippen molar-refractivity contribution in [2.45, 2.75) is 9.24 Å². The van der Waals surface area contributed by atoms with Crippen LogP contribution in [0.25, 0.3) is 10.2 Å². The number of halogens is 1. The highest BCUT2D eigenvalue weighted by molar-refractivity contribution is 8.01. The number of allylic oxidation sites excluding steroid dienone is 2. The Balaban J connectivity index is 1.84. The summed E-state index contributed by atoms with van der Waals surface area (Å²) >= 11 is 9.34. The predicted octanol–water partition coefficient (Wildman–Crippen LogP) is 5.59. The molecule has 1 aliphatic heterocycles. The van der Waals surface area contributed by atoms with Crippen molar-refractivity contribution >= 4 is 62.5 Å². The van der Waals surface area contributed by atoms with Crippen LogP contribution in [0.4, 0.5) is 5.69 Å². The number of carbonyl (C=O) groups excluding carboxylic acids is 2. The number of hydrogen-bond donors (Lipinski definition) is 0. The van der Waals surface area contributed by atoms with Crippen molar-refractivity contribution in [3.8, 4) is 0 Å². The summed E-state index contributed by atoms with van der Waals surface area (Å²) in [5, 5.41) is 0.475. The molecular formula is C23H17ClN2O4S2. The van der Waals surface area contributed by atoms with Gasteiger partial charge >= 0.3 is 11.9 Å². The lowest BCUT2D eigenvalue weighted by Gasteiger charge is -2.25. The average molecular weight is 485 g/mol. The Labute approximate surface area is 197 Å². The summed E-state index contributed by atoms with van der Waals surface area (Å²) in [4.78, 5) is 32.3. The summed E-state index contributed by atoms with van der Waals surface area (Å²) in [5.74, 6) is -1.34. The van der Waals surface area contributed by atoms with E-state index >= 15 is 0 Å². The van der Waals surface area contributed by atoms with Crippen LogP contribution in [-0.4, -0.2) is 31.1 Å². The van der Waals surface area contributed by atoms with E-state index in [9.17, 15) is 9.59 Å². The molecule has 3 aromatic rings. The number of aromatic nitrogens is 1. The number of nitrogens with zero attached hydrogens (tertiary/aromatic N) is 2. The topological polar surface area (TPSA) is 68.7 Å². The molecule has 9 heteroatoms. The van der Waals surface area contributed by atoms with Crippen molar-refractivity contribution in [2.75, 3.05) is 19.1 Å². The highest BCUT2D eigenvalue weighted by Gasteiger charge is 2.29. The zero-order valence-corrected chi connectivity index (χ0v) is 19.5. The number of carbonyl (C=O) groups is 2. The Morgan fingerprint density at radius 1 is 1.06 bits per heavy atom. The largest absolute Gasteiger partial charge is 0.465 e. The van der Waals surface area contributed by atoms with Crippen LogP contribution >= 0.6 is 34.7 Å². The van der Waals surface area contributed by atoms with E-state index in [-0.39, 0.29) is 11.3 Å². The molecule has 162 valence electrons. The van der Waals surface area contributed by atoms with Crippen molar-refractivity contribution in [2.24, 2.45) is 0 Å². The maximum absolute atomic E-state index is 12.8. The van der Waals surface area contributed by atoms with Gasteiger partial charge in [0, 0.05) is 16.1 Å². The maximum atomic E-state index is 12.8. The Hall–Kier alpha value is -3.07. The van der Waals surface area contributed by atoms with Gasteiger partial charge in [0.15, 0.2) is 4.34 Å². The summed E-state index contributed by atoms with van der Waals surface area (Å²) in [7, 11) is 2.52. The van der Waals surface area contributed by atoms with Crippen LogP contribution in [0.3, 0.4) is 0 Å². The average Bonchev–Trinajstić information content (AvgIpc) is 3.08. The fraction of sp³-hybridized carbons (Fsp3) is 0.0870. The molecule has 0 atom stereocenters. The van der Waals surface area contributed by atoms with E-state index in [1.54, 1.807) is 46.7 Å². The van der Waals surface area contributed by atoms with E-state index < -0.39 is 11.9 Å². The van der Waals surface area contributed by atoms with Gasteiger partial charge in [-0.15, -0.1) is 11.3 Å². The monoisotopic (exact) mass is 484 g/mol. The molecule has 0 bridgehead atoms. The van der Waals surface area contributed by atoms with E-state index in [2.05, 4.69) is 4.98 Å². The first-order chi connectivity index (χ1) is 15.5. The molecule has 1 aliphatic rings. The first-order valence-corrected chi connectivity index (χ1v) is 11.4. The van der Waals surface area contributed by atoms with E-state index in [1.807, 2.05) is 30.3 Å². The Morgan fingerprint density at radius 2 is 1.84 bits per heavy atom. The molecule has 4 rings (SSSR count). The number of ether oxygens (including phenoxy) is 2. The Kier molecular flexibility index (Phi) is 6.64. The third kappa shape index (κ3) is 4.43. The molecule has 0 radical (unpaired) electrons. The molecule has 6 nitrogen and oxygen atoms in total. The number of anilines is 1. The second-order valence-corrected chi connectivity index (χ2v) is 9.23. The highest BCUT2D eigenvalue weighted by Crippen LogP contribution is 2.42. The van der Waals surface area contributed by atoms with Gasteiger partial charge in [0.2, 0.25) is 0 Å². The molecule has 0 N–H and O–H groups in total. The number of hydrogen-bond acceptors (Lipinski definition) is 8. The molecule has 0 fully saturated rings. The third-order valence-corrected chi connectivity index (χ3v) is 6.94. The summed E-state index contributed by atoms with van der Waals surface area (Å²) < 4.78 is 11.8. The highest BCUT2D eigenvalue weighted by atomic mass is 35.5. The fourth-order valence-corrected chi connectivity index (χ4v) is 5.40. The Morgan fingerprint density at radius 3 is 2.59 bits per heavy atom. The van der Waals surface area contributed by atoms with Crippen LogP contribution in [0.15, 0.2) is 87.4 Å². The molecule has 0 saturated heterocycles. The predicted molar refractivity (Wildman–Crippen MR) is 127 cm³/mol. The fourth-order valence-electron chi connectivity index (χ4n) is 3.11. The number of rotatable bonds is 5. The lowest BCUT2D eigenvalue weighted by atomic mass is 10.1. The van der Waals surface area contributed by atoms with Gasteiger partial charge in [-0.1, -0.05) is 41.6 Å². The molecule has 0 saturated carbocycles. The molecule has 0 unspecified atom stereocenters. The quantitative estimate of drug-likeness (QED) is 0.437. The summed E-state index contributed by atoms with van der Waals surface area (Å²) in [6, 6.07) is 13.2. The number of fused-ring (bicyclic) bond motifs is 1. The van der Waals surface area contributed by atoms with Crippen LogP contribution in [0.2, 0.25) is 5.02 Å². The van der Waals surface area contributed by atoms with Gasteiger partial charge in [-0.05, 0) is 42.5 Å². The van der Waals surface area contributed by atoms with Crippen LogP contribution in [0, 0.1) is 0 Å².